The molecule has 6 heteroatoms. The van der Waals surface area contributed by atoms with E-state index in [0.717, 1.165) is 54.9 Å². The molecule has 0 atom stereocenters. The van der Waals surface area contributed by atoms with Crippen LogP contribution in [0.15, 0.2) is 78.9 Å². The minimum atomic E-state index is -0.0637. The molecule has 1 aliphatic rings. The van der Waals surface area contributed by atoms with Gasteiger partial charge in [-0.15, -0.1) is 0 Å². The van der Waals surface area contributed by atoms with Crippen molar-refractivity contribution in [3.8, 4) is 11.5 Å². The standard InChI is InChI=1S/C25H27N3O3/c1-27(21-11-13-24(14-12-21)31-23-5-3-2-4-6-23)19-25(29)26-20-7-9-22(10-8-20)28-15-17-30-18-16-28/h2-14H,15-19H2,1H3,(H,26,29). The van der Waals surface area contributed by atoms with E-state index in [-0.39, 0.29) is 12.5 Å². The smallest absolute Gasteiger partial charge is 0.243 e. The highest BCUT2D eigenvalue weighted by Gasteiger charge is 2.12. The molecule has 1 fully saturated rings. The summed E-state index contributed by atoms with van der Waals surface area (Å²) in [6.45, 7) is 3.55. The molecule has 0 unspecified atom stereocenters. The highest BCUT2D eigenvalue weighted by molar-refractivity contribution is 5.94. The Bertz CT molecular complexity index is 969. The predicted octanol–water partition coefficient (Wildman–Crippen LogP) is 4.39. The van der Waals surface area contributed by atoms with Crippen molar-refractivity contribution < 1.29 is 14.3 Å². The second-order valence-electron chi connectivity index (χ2n) is 7.46. The van der Waals surface area contributed by atoms with E-state index < -0.39 is 0 Å². The molecule has 0 aromatic heterocycles. The highest BCUT2D eigenvalue weighted by Crippen LogP contribution is 2.24. The third-order valence-electron chi connectivity index (χ3n) is 5.16. The maximum Gasteiger partial charge on any atom is 0.243 e. The summed E-state index contributed by atoms with van der Waals surface area (Å²) in [6, 6.07) is 25.3. The van der Waals surface area contributed by atoms with Gasteiger partial charge in [-0.3, -0.25) is 4.79 Å². The number of hydrogen-bond acceptors (Lipinski definition) is 5. The molecular weight excluding hydrogens is 390 g/mol. The van der Waals surface area contributed by atoms with E-state index in [0.29, 0.717) is 0 Å². The van der Waals surface area contributed by atoms with E-state index >= 15 is 0 Å². The van der Waals surface area contributed by atoms with Crippen LogP contribution in [-0.2, 0) is 9.53 Å². The molecule has 160 valence electrons. The fourth-order valence-corrected chi connectivity index (χ4v) is 3.48. The lowest BCUT2D eigenvalue weighted by molar-refractivity contribution is -0.114. The summed E-state index contributed by atoms with van der Waals surface area (Å²) in [6.07, 6.45) is 0. The van der Waals surface area contributed by atoms with Crippen LogP contribution in [0.1, 0.15) is 0 Å². The van der Waals surface area contributed by atoms with Crippen molar-refractivity contribution in [3.05, 3.63) is 78.9 Å². The number of nitrogens with one attached hydrogen (secondary N) is 1. The Balaban J connectivity index is 1.29. The van der Waals surface area contributed by atoms with Gasteiger partial charge in [-0.2, -0.15) is 0 Å². The first-order chi connectivity index (χ1) is 15.2. The lowest BCUT2D eigenvalue weighted by Gasteiger charge is -2.29. The van der Waals surface area contributed by atoms with Crippen LogP contribution in [0.2, 0.25) is 0 Å². The van der Waals surface area contributed by atoms with Gasteiger partial charge in [0.1, 0.15) is 11.5 Å². The summed E-state index contributed by atoms with van der Waals surface area (Å²) >= 11 is 0. The lowest BCUT2D eigenvalue weighted by atomic mass is 10.2. The predicted molar refractivity (Wildman–Crippen MR) is 124 cm³/mol. The zero-order valence-corrected chi connectivity index (χ0v) is 17.7. The summed E-state index contributed by atoms with van der Waals surface area (Å²) in [5.74, 6) is 1.49. The molecule has 4 rings (SSSR count). The zero-order chi connectivity index (χ0) is 21.5. The number of anilines is 3. The van der Waals surface area contributed by atoms with Gasteiger partial charge in [-0.05, 0) is 60.7 Å². The molecule has 3 aromatic rings. The van der Waals surface area contributed by atoms with Crippen LogP contribution in [0.4, 0.5) is 17.1 Å². The van der Waals surface area contributed by atoms with E-state index in [1.165, 1.54) is 0 Å². The fourth-order valence-electron chi connectivity index (χ4n) is 3.48. The van der Waals surface area contributed by atoms with Crippen LogP contribution in [0.25, 0.3) is 0 Å². The molecule has 0 saturated carbocycles. The van der Waals surface area contributed by atoms with Crippen molar-refractivity contribution in [3.63, 3.8) is 0 Å². The van der Waals surface area contributed by atoms with Crippen LogP contribution >= 0.6 is 0 Å². The Morgan fingerprint density at radius 1 is 0.935 bits per heavy atom. The minimum absolute atomic E-state index is 0.0637. The lowest BCUT2D eigenvalue weighted by Crippen LogP contribution is -2.36. The summed E-state index contributed by atoms with van der Waals surface area (Å²) < 4.78 is 11.2. The van der Waals surface area contributed by atoms with Gasteiger partial charge in [0.05, 0.1) is 19.8 Å². The quantitative estimate of drug-likeness (QED) is 0.618. The minimum Gasteiger partial charge on any atom is -0.457 e. The normalized spacial score (nSPS) is 13.5. The van der Waals surface area contributed by atoms with Crippen LogP contribution in [0, 0.1) is 0 Å². The SMILES string of the molecule is CN(CC(=O)Nc1ccc(N2CCOCC2)cc1)c1ccc(Oc2ccccc2)cc1. The molecule has 1 saturated heterocycles. The average Bonchev–Trinajstić information content (AvgIpc) is 2.81. The van der Waals surface area contributed by atoms with Crippen molar-refractivity contribution in [1.82, 2.24) is 0 Å². The number of carbonyl (C=O) groups excluding carboxylic acids is 1. The van der Waals surface area contributed by atoms with Crippen LogP contribution in [0.5, 0.6) is 11.5 Å². The second kappa shape index (κ2) is 10.00. The van der Waals surface area contributed by atoms with Crippen LogP contribution in [0.3, 0.4) is 0 Å². The van der Waals surface area contributed by atoms with E-state index in [9.17, 15) is 4.79 Å². The molecule has 0 spiro atoms. The van der Waals surface area contributed by atoms with Crippen molar-refractivity contribution in [2.75, 3.05) is 55.0 Å². The Kier molecular flexibility index (Phi) is 6.69. The molecule has 6 nitrogen and oxygen atoms in total. The van der Waals surface area contributed by atoms with E-state index in [4.69, 9.17) is 9.47 Å². The Hall–Kier alpha value is -3.51. The molecule has 1 N–H and O–H groups in total. The first-order valence-electron chi connectivity index (χ1n) is 10.4. The number of rotatable bonds is 7. The van der Waals surface area contributed by atoms with Crippen molar-refractivity contribution in [2.24, 2.45) is 0 Å². The number of carbonyl (C=O) groups is 1. The fraction of sp³-hybridized carbons (Fsp3) is 0.240. The summed E-state index contributed by atoms with van der Waals surface area (Å²) in [4.78, 5) is 16.7. The van der Waals surface area contributed by atoms with Gasteiger partial charge in [0, 0.05) is 37.2 Å². The van der Waals surface area contributed by atoms with Crippen LogP contribution < -0.4 is 19.9 Å². The summed E-state index contributed by atoms with van der Waals surface area (Å²) in [7, 11) is 1.90. The molecule has 1 heterocycles. The maximum absolute atomic E-state index is 12.5. The molecule has 0 aliphatic carbocycles. The Morgan fingerprint density at radius 3 is 2.26 bits per heavy atom. The van der Waals surface area contributed by atoms with Crippen molar-refractivity contribution >= 4 is 23.0 Å². The van der Waals surface area contributed by atoms with Gasteiger partial charge >= 0.3 is 0 Å². The highest BCUT2D eigenvalue weighted by atomic mass is 16.5. The monoisotopic (exact) mass is 417 g/mol. The van der Waals surface area contributed by atoms with Gasteiger partial charge in [0.15, 0.2) is 0 Å². The number of ether oxygens (including phenoxy) is 2. The second-order valence-corrected chi connectivity index (χ2v) is 7.46. The molecular formula is C25H27N3O3. The zero-order valence-electron chi connectivity index (χ0n) is 17.7. The average molecular weight is 418 g/mol. The number of nitrogens with zero attached hydrogens (tertiary/aromatic N) is 2. The van der Waals surface area contributed by atoms with Gasteiger partial charge < -0.3 is 24.6 Å². The van der Waals surface area contributed by atoms with Gasteiger partial charge in [-0.25, -0.2) is 0 Å². The number of morpholine rings is 1. The molecule has 31 heavy (non-hydrogen) atoms. The van der Waals surface area contributed by atoms with E-state index in [2.05, 4.69) is 10.2 Å². The maximum atomic E-state index is 12.5. The number of likely N-dealkylation sites (N-methyl/N-ethyl adjacent to an activating group) is 1. The number of benzene rings is 3. The first-order valence-corrected chi connectivity index (χ1v) is 10.4. The molecule has 3 aromatic carbocycles. The van der Waals surface area contributed by atoms with E-state index in [1.54, 1.807) is 0 Å². The molecule has 0 bridgehead atoms. The number of hydrogen-bond donors (Lipinski definition) is 1. The van der Waals surface area contributed by atoms with Gasteiger partial charge in [-0.1, -0.05) is 18.2 Å². The van der Waals surface area contributed by atoms with Crippen molar-refractivity contribution in [2.45, 2.75) is 0 Å². The van der Waals surface area contributed by atoms with Crippen molar-refractivity contribution in [1.29, 1.82) is 0 Å². The number of para-hydroxylation sites is 1. The number of amides is 1. The Morgan fingerprint density at radius 2 is 1.58 bits per heavy atom. The third kappa shape index (κ3) is 5.77. The third-order valence-corrected chi connectivity index (χ3v) is 5.16. The molecule has 1 amide bonds. The topological polar surface area (TPSA) is 54.0 Å². The molecule has 1 aliphatic heterocycles. The van der Waals surface area contributed by atoms with Gasteiger partial charge in [0.2, 0.25) is 5.91 Å². The largest absolute Gasteiger partial charge is 0.457 e. The molecule has 0 radical (unpaired) electrons. The summed E-state index contributed by atoms with van der Waals surface area (Å²) in [5, 5.41) is 2.97. The Labute approximate surface area is 183 Å². The van der Waals surface area contributed by atoms with E-state index in [1.807, 2.05) is 90.8 Å². The summed E-state index contributed by atoms with van der Waals surface area (Å²) in [5.41, 5.74) is 2.89. The van der Waals surface area contributed by atoms with Gasteiger partial charge in [0.25, 0.3) is 0 Å². The van der Waals surface area contributed by atoms with Crippen LogP contribution in [-0.4, -0.2) is 45.8 Å². The first kappa shape index (κ1) is 20.8.